The summed E-state index contributed by atoms with van der Waals surface area (Å²) in [5.41, 5.74) is 3.33. The Morgan fingerprint density at radius 1 is 1.10 bits per heavy atom. The Hall–Kier alpha value is -3.38. The molecule has 0 fully saturated rings. The van der Waals surface area contributed by atoms with Crippen molar-refractivity contribution in [3.63, 3.8) is 0 Å². The third-order valence-corrected chi connectivity index (χ3v) is 4.85. The Balaban J connectivity index is 1.70. The van der Waals surface area contributed by atoms with Crippen molar-refractivity contribution in [1.29, 1.82) is 0 Å². The minimum Gasteiger partial charge on any atom is -0.465 e. The van der Waals surface area contributed by atoms with Crippen LogP contribution in [0.4, 0.5) is 4.39 Å². The van der Waals surface area contributed by atoms with Crippen molar-refractivity contribution < 1.29 is 18.7 Å². The molecule has 146 valence electrons. The number of nitrogens with zero attached hydrogens (tertiary/aromatic N) is 1. The van der Waals surface area contributed by atoms with Crippen LogP contribution in [0.1, 0.15) is 15.9 Å². The highest BCUT2D eigenvalue weighted by Crippen LogP contribution is 2.34. The van der Waals surface area contributed by atoms with Crippen molar-refractivity contribution in [3.05, 3.63) is 76.6 Å². The first-order chi connectivity index (χ1) is 14.0. The van der Waals surface area contributed by atoms with Crippen molar-refractivity contribution >= 4 is 28.6 Å². The molecule has 1 aromatic heterocycles. The summed E-state index contributed by atoms with van der Waals surface area (Å²) in [5.74, 6) is -0.384. The number of imidazole rings is 1. The number of carbonyl (C=O) groups is 1. The zero-order valence-corrected chi connectivity index (χ0v) is 16.4. The molecule has 1 heterocycles. The van der Waals surface area contributed by atoms with Crippen molar-refractivity contribution in [1.82, 2.24) is 9.97 Å². The van der Waals surface area contributed by atoms with E-state index in [0.717, 1.165) is 5.56 Å². The molecule has 29 heavy (non-hydrogen) atoms. The van der Waals surface area contributed by atoms with Crippen LogP contribution in [0.3, 0.4) is 0 Å². The van der Waals surface area contributed by atoms with Crippen LogP contribution in [0.15, 0.2) is 54.6 Å². The molecule has 1 N–H and O–H groups in total. The summed E-state index contributed by atoms with van der Waals surface area (Å²) >= 11 is 6.36. The number of aromatic amines is 1. The number of methoxy groups -OCH3 is 1. The number of ether oxygens (including phenoxy) is 2. The summed E-state index contributed by atoms with van der Waals surface area (Å²) in [6.07, 6.45) is 0. The minimum absolute atomic E-state index is 0.224. The number of fused-ring (bicyclic) bond motifs is 1. The lowest BCUT2D eigenvalue weighted by atomic mass is 10.0. The largest absolute Gasteiger partial charge is 0.465 e. The number of benzene rings is 3. The second-order valence-electron chi connectivity index (χ2n) is 6.44. The number of nitrogens with one attached hydrogen (secondary N) is 1. The zero-order chi connectivity index (χ0) is 20.5. The van der Waals surface area contributed by atoms with Crippen molar-refractivity contribution in [2.24, 2.45) is 0 Å². The number of halogens is 2. The standard InChI is InChI=1S/C22H16ClFN2O3/c1-12-7-8-13(9-15(12)21(27)28-2)29-22-25-19-10-16(17(23)11-20(19)26-22)14-5-3-4-6-18(14)24/h3-11H,1-2H3,(H,25,26). The average Bonchev–Trinajstić information content (AvgIpc) is 3.09. The van der Waals surface area contributed by atoms with E-state index < -0.39 is 5.97 Å². The van der Waals surface area contributed by atoms with Crippen LogP contribution in [0.2, 0.25) is 5.02 Å². The smallest absolute Gasteiger partial charge is 0.338 e. The molecule has 0 bridgehead atoms. The number of H-pyrrole nitrogens is 1. The number of hydrogen-bond acceptors (Lipinski definition) is 4. The number of carbonyl (C=O) groups excluding carboxylic acids is 1. The van der Waals surface area contributed by atoms with E-state index in [1.807, 2.05) is 6.92 Å². The van der Waals surface area contributed by atoms with Crippen molar-refractivity contribution in [2.45, 2.75) is 6.92 Å². The molecule has 7 heteroatoms. The molecule has 0 aliphatic heterocycles. The first-order valence-corrected chi connectivity index (χ1v) is 9.15. The lowest BCUT2D eigenvalue weighted by Gasteiger charge is -2.07. The van der Waals surface area contributed by atoms with E-state index in [9.17, 15) is 9.18 Å². The van der Waals surface area contributed by atoms with Crippen LogP contribution in [0, 0.1) is 12.7 Å². The summed E-state index contributed by atoms with van der Waals surface area (Å²) in [5, 5.41) is 0.390. The van der Waals surface area contributed by atoms with E-state index in [2.05, 4.69) is 9.97 Å². The number of aromatic nitrogens is 2. The lowest BCUT2D eigenvalue weighted by Crippen LogP contribution is -2.04. The highest BCUT2D eigenvalue weighted by Gasteiger charge is 2.15. The van der Waals surface area contributed by atoms with Gasteiger partial charge in [-0.3, -0.25) is 0 Å². The predicted octanol–water partition coefficient (Wildman–Crippen LogP) is 5.91. The molecule has 0 saturated carbocycles. The van der Waals surface area contributed by atoms with E-state index in [-0.39, 0.29) is 11.8 Å². The number of aryl methyl sites for hydroxylation is 1. The molecule has 4 rings (SSSR count). The number of esters is 1. The lowest BCUT2D eigenvalue weighted by molar-refractivity contribution is 0.0599. The molecule has 0 atom stereocenters. The summed E-state index contributed by atoms with van der Waals surface area (Å²) in [6, 6.07) is 15.1. The summed E-state index contributed by atoms with van der Waals surface area (Å²) < 4.78 is 24.7. The minimum atomic E-state index is -0.445. The average molecular weight is 411 g/mol. The highest BCUT2D eigenvalue weighted by atomic mass is 35.5. The van der Waals surface area contributed by atoms with Crippen molar-refractivity contribution in [2.75, 3.05) is 7.11 Å². The predicted molar refractivity (Wildman–Crippen MR) is 109 cm³/mol. The van der Waals surface area contributed by atoms with Gasteiger partial charge in [-0.2, -0.15) is 4.98 Å². The maximum atomic E-state index is 14.2. The van der Waals surface area contributed by atoms with Crippen molar-refractivity contribution in [3.8, 4) is 22.9 Å². The van der Waals surface area contributed by atoms with Crippen LogP contribution in [-0.4, -0.2) is 23.0 Å². The number of hydrogen-bond donors (Lipinski definition) is 1. The van der Waals surface area contributed by atoms with Gasteiger partial charge in [-0.05, 0) is 42.8 Å². The molecule has 0 aliphatic carbocycles. The molecule has 3 aromatic carbocycles. The third kappa shape index (κ3) is 3.67. The van der Waals surface area contributed by atoms with Crippen LogP contribution in [0.25, 0.3) is 22.2 Å². The van der Waals surface area contributed by atoms with Gasteiger partial charge in [0.2, 0.25) is 0 Å². The fraction of sp³-hybridized carbons (Fsp3) is 0.0909. The molecule has 0 saturated heterocycles. The van der Waals surface area contributed by atoms with E-state index >= 15 is 0 Å². The fourth-order valence-electron chi connectivity index (χ4n) is 3.05. The molecule has 0 spiro atoms. The molecule has 0 amide bonds. The molecule has 5 nitrogen and oxygen atoms in total. The van der Waals surface area contributed by atoms with Gasteiger partial charge >= 0.3 is 5.97 Å². The fourth-order valence-corrected chi connectivity index (χ4v) is 3.31. The molecular formula is C22H16ClFN2O3. The van der Waals surface area contributed by atoms with Gasteiger partial charge < -0.3 is 14.5 Å². The second-order valence-corrected chi connectivity index (χ2v) is 6.85. The Morgan fingerprint density at radius 3 is 2.66 bits per heavy atom. The van der Waals surface area contributed by atoms with Crippen LogP contribution < -0.4 is 4.74 Å². The van der Waals surface area contributed by atoms with Crippen LogP contribution in [-0.2, 0) is 4.74 Å². The molecule has 0 radical (unpaired) electrons. The van der Waals surface area contributed by atoms with Gasteiger partial charge in [0.25, 0.3) is 6.01 Å². The molecular weight excluding hydrogens is 395 g/mol. The van der Waals surface area contributed by atoms with Gasteiger partial charge in [-0.15, -0.1) is 0 Å². The SMILES string of the molecule is COC(=O)c1cc(Oc2nc3cc(-c4ccccc4F)c(Cl)cc3[nH]2)ccc1C. The maximum absolute atomic E-state index is 14.2. The van der Waals surface area contributed by atoms with Crippen LogP contribution >= 0.6 is 11.6 Å². The van der Waals surface area contributed by atoms with E-state index in [1.165, 1.54) is 13.2 Å². The molecule has 0 aliphatic rings. The maximum Gasteiger partial charge on any atom is 0.338 e. The van der Waals surface area contributed by atoms with Crippen LogP contribution in [0.5, 0.6) is 11.8 Å². The van der Waals surface area contributed by atoms with Gasteiger partial charge in [0.05, 0.1) is 28.7 Å². The second kappa shape index (κ2) is 7.56. The Morgan fingerprint density at radius 2 is 1.90 bits per heavy atom. The van der Waals surface area contributed by atoms with E-state index in [4.69, 9.17) is 21.1 Å². The van der Waals surface area contributed by atoms with Gasteiger partial charge in [0.15, 0.2) is 0 Å². The summed E-state index contributed by atoms with van der Waals surface area (Å²) in [4.78, 5) is 19.3. The first kappa shape index (κ1) is 19.0. The first-order valence-electron chi connectivity index (χ1n) is 8.77. The third-order valence-electron chi connectivity index (χ3n) is 4.54. The van der Waals surface area contributed by atoms with Gasteiger partial charge in [0, 0.05) is 11.1 Å². The quantitative estimate of drug-likeness (QED) is 0.425. The van der Waals surface area contributed by atoms with E-state index in [0.29, 0.717) is 38.5 Å². The number of rotatable bonds is 4. The van der Waals surface area contributed by atoms with E-state index in [1.54, 1.807) is 48.5 Å². The van der Waals surface area contributed by atoms with Gasteiger partial charge in [-0.1, -0.05) is 35.9 Å². The summed E-state index contributed by atoms with van der Waals surface area (Å²) in [6.45, 7) is 1.81. The Labute approximate surface area is 171 Å². The zero-order valence-electron chi connectivity index (χ0n) is 15.6. The van der Waals surface area contributed by atoms with Gasteiger partial charge in [0.1, 0.15) is 11.6 Å². The van der Waals surface area contributed by atoms with Gasteiger partial charge in [-0.25, -0.2) is 9.18 Å². The normalized spacial score (nSPS) is 10.9. The topological polar surface area (TPSA) is 64.2 Å². The summed E-state index contributed by atoms with van der Waals surface area (Å²) in [7, 11) is 1.32. The highest BCUT2D eigenvalue weighted by molar-refractivity contribution is 6.34. The monoisotopic (exact) mass is 410 g/mol. The molecule has 0 unspecified atom stereocenters. The Kier molecular flexibility index (Phi) is 4.94. The molecule has 4 aromatic rings. The Bertz CT molecular complexity index is 1240.